The van der Waals surface area contributed by atoms with E-state index in [1.54, 1.807) is 11.8 Å². The van der Waals surface area contributed by atoms with Crippen molar-refractivity contribution >= 4 is 11.8 Å². The molecule has 1 atom stereocenters. The van der Waals surface area contributed by atoms with Gasteiger partial charge >= 0.3 is 0 Å². The molecule has 0 aromatic heterocycles. The number of aryl methyl sites for hydroxylation is 2. The molecule has 2 heteroatoms. The fourth-order valence-corrected chi connectivity index (χ4v) is 1.96. The lowest BCUT2D eigenvalue weighted by molar-refractivity contribution is 0.174. The highest BCUT2D eigenvalue weighted by atomic mass is 32.2. The number of aliphatic hydroxyl groups excluding tert-OH is 1. The number of hydrogen-bond acceptors (Lipinski definition) is 2. The molecule has 0 fully saturated rings. The summed E-state index contributed by atoms with van der Waals surface area (Å²) < 4.78 is 0. The van der Waals surface area contributed by atoms with Gasteiger partial charge in [-0.15, -0.1) is 0 Å². The van der Waals surface area contributed by atoms with Crippen molar-refractivity contribution in [1.29, 1.82) is 0 Å². The molecular weight excluding hydrogens is 192 g/mol. The van der Waals surface area contributed by atoms with E-state index in [4.69, 9.17) is 0 Å². The van der Waals surface area contributed by atoms with Crippen LogP contribution in [-0.4, -0.2) is 17.1 Å². The summed E-state index contributed by atoms with van der Waals surface area (Å²) in [7, 11) is 0. The average Bonchev–Trinajstić information content (AvgIpc) is 2.18. The van der Waals surface area contributed by atoms with E-state index in [0.29, 0.717) is 0 Å². The maximum absolute atomic E-state index is 9.94. The van der Waals surface area contributed by atoms with E-state index in [-0.39, 0.29) is 6.10 Å². The minimum Gasteiger partial charge on any atom is -0.388 e. The van der Waals surface area contributed by atoms with Gasteiger partial charge in [0.15, 0.2) is 0 Å². The first-order valence-corrected chi connectivity index (χ1v) is 6.28. The van der Waals surface area contributed by atoms with Gasteiger partial charge in [-0.1, -0.05) is 23.8 Å². The number of rotatable bonds is 4. The second kappa shape index (κ2) is 5.42. The normalized spacial score (nSPS) is 12.9. The number of hydrogen-bond donors (Lipinski definition) is 1. The van der Waals surface area contributed by atoms with Crippen molar-refractivity contribution < 1.29 is 5.11 Å². The van der Waals surface area contributed by atoms with Gasteiger partial charge in [0, 0.05) is 0 Å². The molecule has 0 aliphatic carbocycles. The minimum absolute atomic E-state index is 0.303. The third-order valence-corrected chi connectivity index (χ3v) is 3.03. The molecule has 1 N–H and O–H groups in total. The van der Waals surface area contributed by atoms with Gasteiger partial charge < -0.3 is 5.11 Å². The molecular formula is C12H18OS. The van der Waals surface area contributed by atoms with E-state index in [2.05, 4.69) is 38.3 Å². The first kappa shape index (κ1) is 11.6. The molecule has 0 aliphatic rings. The topological polar surface area (TPSA) is 20.2 Å². The smallest absolute Gasteiger partial charge is 0.0800 e. The van der Waals surface area contributed by atoms with Crippen LogP contribution in [0.25, 0.3) is 0 Å². The van der Waals surface area contributed by atoms with Gasteiger partial charge in [0.2, 0.25) is 0 Å². The maximum Gasteiger partial charge on any atom is 0.0800 e. The second-order valence-corrected chi connectivity index (χ2v) is 4.64. The molecule has 1 nitrogen and oxygen atoms in total. The second-order valence-electron chi connectivity index (χ2n) is 3.66. The summed E-state index contributed by atoms with van der Waals surface area (Å²) in [6.07, 6.45) is 2.60. The highest BCUT2D eigenvalue weighted by Crippen LogP contribution is 2.22. The molecule has 0 saturated heterocycles. The van der Waals surface area contributed by atoms with Gasteiger partial charge in [-0.25, -0.2) is 0 Å². The van der Waals surface area contributed by atoms with Gasteiger partial charge in [0.1, 0.15) is 0 Å². The molecule has 1 aromatic carbocycles. The number of thioether (sulfide) groups is 1. The van der Waals surface area contributed by atoms with Crippen molar-refractivity contribution in [2.75, 3.05) is 12.0 Å². The molecule has 0 bridgehead atoms. The molecule has 0 radical (unpaired) electrons. The highest BCUT2D eigenvalue weighted by Gasteiger charge is 2.09. The Morgan fingerprint density at radius 1 is 1.36 bits per heavy atom. The van der Waals surface area contributed by atoms with Crippen molar-refractivity contribution in [3.05, 3.63) is 34.9 Å². The molecule has 1 rings (SSSR count). The highest BCUT2D eigenvalue weighted by molar-refractivity contribution is 7.98. The Hall–Kier alpha value is -0.470. The Morgan fingerprint density at radius 3 is 2.71 bits per heavy atom. The summed E-state index contributed by atoms with van der Waals surface area (Å²) in [4.78, 5) is 0. The Labute approximate surface area is 90.5 Å². The van der Waals surface area contributed by atoms with Crippen LogP contribution in [0.3, 0.4) is 0 Å². The van der Waals surface area contributed by atoms with Crippen LogP contribution < -0.4 is 0 Å². The Kier molecular flexibility index (Phi) is 4.49. The van der Waals surface area contributed by atoms with Gasteiger partial charge in [0.25, 0.3) is 0 Å². The molecule has 78 valence electrons. The molecule has 1 unspecified atom stereocenters. The largest absolute Gasteiger partial charge is 0.388 e. The molecule has 0 aliphatic heterocycles. The van der Waals surface area contributed by atoms with Crippen molar-refractivity contribution in [3.8, 4) is 0 Å². The number of aliphatic hydroxyl groups is 1. The summed E-state index contributed by atoms with van der Waals surface area (Å²) >= 11 is 1.77. The van der Waals surface area contributed by atoms with Gasteiger partial charge in [-0.3, -0.25) is 0 Å². The van der Waals surface area contributed by atoms with Crippen molar-refractivity contribution in [2.45, 2.75) is 26.4 Å². The minimum atomic E-state index is -0.303. The van der Waals surface area contributed by atoms with E-state index in [0.717, 1.165) is 17.7 Å². The maximum atomic E-state index is 9.94. The lowest BCUT2D eigenvalue weighted by Gasteiger charge is -2.13. The lowest BCUT2D eigenvalue weighted by Crippen LogP contribution is -2.01. The molecule has 0 heterocycles. The fraction of sp³-hybridized carbons (Fsp3) is 0.500. The molecule has 14 heavy (non-hydrogen) atoms. The van der Waals surface area contributed by atoms with Crippen molar-refractivity contribution in [1.82, 2.24) is 0 Å². The lowest BCUT2D eigenvalue weighted by atomic mass is 9.99. The SMILES string of the molecule is CSCCC(O)c1cc(C)ccc1C. The first-order valence-electron chi connectivity index (χ1n) is 4.89. The Morgan fingerprint density at radius 2 is 2.07 bits per heavy atom. The predicted octanol–water partition coefficient (Wildman–Crippen LogP) is 3.09. The number of benzene rings is 1. The summed E-state index contributed by atoms with van der Waals surface area (Å²) in [5.41, 5.74) is 3.48. The zero-order chi connectivity index (χ0) is 10.6. The van der Waals surface area contributed by atoms with Gasteiger partial charge in [-0.05, 0) is 43.4 Å². The molecule has 0 amide bonds. The van der Waals surface area contributed by atoms with E-state index in [1.165, 1.54) is 11.1 Å². The van der Waals surface area contributed by atoms with E-state index in [1.807, 2.05) is 0 Å². The Balaban J connectivity index is 2.77. The predicted molar refractivity (Wildman–Crippen MR) is 63.9 cm³/mol. The van der Waals surface area contributed by atoms with E-state index in [9.17, 15) is 5.11 Å². The third-order valence-electron chi connectivity index (χ3n) is 2.39. The van der Waals surface area contributed by atoms with E-state index >= 15 is 0 Å². The van der Waals surface area contributed by atoms with Crippen LogP contribution >= 0.6 is 11.8 Å². The van der Waals surface area contributed by atoms with Crippen LogP contribution in [0.4, 0.5) is 0 Å². The Bertz CT molecular complexity index is 296. The van der Waals surface area contributed by atoms with Crippen LogP contribution in [0.5, 0.6) is 0 Å². The van der Waals surface area contributed by atoms with Crippen LogP contribution in [0.2, 0.25) is 0 Å². The molecule has 0 saturated carbocycles. The monoisotopic (exact) mass is 210 g/mol. The average molecular weight is 210 g/mol. The van der Waals surface area contributed by atoms with Crippen LogP contribution in [0, 0.1) is 13.8 Å². The van der Waals surface area contributed by atoms with Crippen LogP contribution in [-0.2, 0) is 0 Å². The molecule has 1 aromatic rings. The van der Waals surface area contributed by atoms with Crippen molar-refractivity contribution in [3.63, 3.8) is 0 Å². The van der Waals surface area contributed by atoms with Gasteiger partial charge in [-0.2, -0.15) is 11.8 Å². The first-order chi connectivity index (χ1) is 6.65. The summed E-state index contributed by atoms with van der Waals surface area (Å²) in [5.74, 6) is 1.01. The quantitative estimate of drug-likeness (QED) is 0.824. The van der Waals surface area contributed by atoms with Gasteiger partial charge in [0.05, 0.1) is 6.10 Å². The fourth-order valence-electron chi connectivity index (χ4n) is 1.50. The van der Waals surface area contributed by atoms with E-state index < -0.39 is 0 Å². The zero-order valence-corrected chi connectivity index (χ0v) is 9.90. The van der Waals surface area contributed by atoms with Crippen molar-refractivity contribution in [2.24, 2.45) is 0 Å². The molecule has 0 spiro atoms. The summed E-state index contributed by atoms with van der Waals surface area (Å²) in [6, 6.07) is 6.24. The zero-order valence-electron chi connectivity index (χ0n) is 9.08. The van der Waals surface area contributed by atoms with Crippen LogP contribution in [0.15, 0.2) is 18.2 Å². The summed E-state index contributed by atoms with van der Waals surface area (Å²) in [6.45, 7) is 4.11. The van der Waals surface area contributed by atoms with Crippen LogP contribution in [0.1, 0.15) is 29.2 Å². The third kappa shape index (κ3) is 3.03. The summed E-state index contributed by atoms with van der Waals surface area (Å²) in [5, 5.41) is 9.94. The standard InChI is InChI=1S/C12H18OS/c1-9-4-5-10(2)11(8-9)12(13)6-7-14-3/h4-5,8,12-13H,6-7H2,1-3H3.